The van der Waals surface area contributed by atoms with Gasteiger partial charge in [-0.25, -0.2) is 9.88 Å². The lowest BCUT2D eigenvalue weighted by atomic mass is 9.65. The summed E-state index contributed by atoms with van der Waals surface area (Å²) in [5, 5.41) is 0.948. The number of anilines is 1. The number of hydrogen-bond acceptors (Lipinski definition) is 5. The lowest BCUT2D eigenvalue weighted by molar-refractivity contribution is -0.123. The van der Waals surface area contributed by atoms with Crippen LogP contribution in [-0.4, -0.2) is 40.3 Å². The minimum Gasteiger partial charge on any atom is -0.288 e. The topological polar surface area (TPSA) is 53.5 Å². The Morgan fingerprint density at radius 3 is 2.56 bits per heavy atom. The van der Waals surface area contributed by atoms with Gasteiger partial charge in [0, 0.05) is 18.2 Å². The maximum Gasteiger partial charge on any atom is 0.251 e. The Bertz CT molecular complexity index is 1310. The van der Waals surface area contributed by atoms with Crippen LogP contribution >= 0.6 is 11.3 Å². The molecule has 34 heavy (non-hydrogen) atoms. The van der Waals surface area contributed by atoms with E-state index in [0.717, 1.165) is 35.5 Å². The molecule has 176 valence electrons. The second-order valence-electron chi connectivity index (χ2n) is 11.7. The molecule has 0 spiro atoms. The van der Waals surface area contributed by atoms with Gasteiger partial charge in [0.05, 0.1) is 28.4 Å². The van der Waals surface area contributed by atoms with E-state index in [0.29, 0.717) is 11.7 Å². The molecule has 2 aromatic carbocycles. The standard InChI is InChI=1S/C28H31N3O2S/c1-17-5-10-21-23(11-17)34-25(29-21)18-6-8-19(9-7-18)31-24(32)12-22(26(31)33)30-16-28(4)14-20(30)13-27(2,3)15-28/h5-11,20,22H,12-16H2,1-4H3/t20-,22-,28+/m0/s1. The first kappa shape index (κ1) is 21.9. The van der Waals surface area contributed by atoms with E-state index in [1.54, 1.807) is 11.3 Å². The number of carbonyl (C=O) groups is 2. The molecule has 2 aliphatic heterocycles. The molecule has 5 nitrogen and oxygen atoms in total. The van der Waals surface area contributed by atoms with Crippen molar-refractivity contribution in [2.75, 3.05) is 11.4 Å². The van der Waals surface area contributed by atoms with Crippen molar-refractivity contribution >= 4 is 39.1 Å². The quantitative estimate of drug-likeness (QED) is 0.451. The van der Waals surface area contributed by atoms with Crippen molar-refractivity contribution in [3.63, 3.8) is 0 Å². The summed E-state index contributed by atoms with van der Waals surface area (Å²) < 4.78 is 1.17. The van der Waals surface area contributed by atoms with Crippen LogP contribution in [0.2, 0.25) is 0 Å². The summed E-state index contributed by atoms with van der Waals surface area (Å²) in [6.45, 7) is 10.0. The average molecular weight is 474 g/mol. The molecule has 2 amide bonds. The van der Waals surface area contributed by atoms with Gasteiger partial charge in [-0.1, -0.05) is 26.8 Å². The number of nitrogens with zero attached hydrogens (tertiary/aromatic N) is 3. The lowest BCUT2D eigenvalue weighted by Crippen LogP contribution is -2.45. The first-order valence-electron chi connectivity index (χ1n) is 12.2. The maximum absolute atomic E-state index is 13.5. The second-order valence-corrected chi connectivity index (χ2v) is 12.7. The van der Waals surface area contributed by atoms with E-state index < -0.39 is 0 Å². The molecular weight excluding hydrogens is 442 g/mol. The van der Waals surface area contributed by atoms with E-state index in [4.69, 9.17) is 4.98 Å². The first-order chi connectivity index (χ1) is 16.1. The summed E-state index contributed by atoms with van der Waals surface area (Å²) in [7, 11) is 0. The number of likely N-dealkylation sites (tertiary alicyclic amines) is 1. The molecule has 1 aromatic heterocycles. The number of benzene rings is 2. The van der Waals surface area contributed by atoms with E-state index in [9.17, 15) is 9.59 Å². The van der Waals surface area contributed by atoms with Crippen LogP contribution in [-0.2, 0) is 9.59 Å². The van der Waals surface area contributed by atoms with Crippen LogP contribution in [0.1, 0.15) is 52.0 Å². The van der Waals surface area contributed by atoms with Crippen molar-refractivity contribution in [1.29, 1.82) is 0 Å². The van der Waals surface area contributed by atoms with Crippen molar-refractivity contribution in [2.45, 2.75) is 65.5 Å². The summed E-state index contributed by atoms with van der Waals surface area (Å²) in [4.78, 5) is 35.1. The number of amides is 2. The molecular formula is C28H31N3O2S. The van der Waals surface area contributed by atoms with Crippen LogP contribution in [0.3, 0.4) is 0 Å². The number of hydrogen-bond donors (Lipinski definition) is 0. The van der Waals surface area contributed by atoms with Gasteiger partial charge in [0.2, 0.25) is 5.91 Å². The third kappa shape index (κ3) is 3.59. The van der Waals surface area contributed by atoms with Crippen molar-refractivity contribution in [2.24, 2.45) is 10.8 Å². The van der Waals surface area contributed by atoms with E-state index in [1.165, 1.54) is 21.6 Å². The van der Waals surface area contributed by atoms with Gasteiger partial charge < -0.3 is 0 Å². The highest BCUT2D eigenvalue weighted by atomic mass is 32.1. The second kappa shape index (κ2) is 7.46. The van der Waals surface area contributed by atoms with Crippen LogP contribution in [0.15, 0.2) is 42.5 Å². The molecule has 3 aromatic rings. The zero-order chi connectivity index (χ0) is 23.8. The zero-order valence-corrected chi connectivity index (χ0v) is 21.1. The number of rotatable bonds is 3. The molecule has 2 bridgehead atoms. The number of aromatic nitrogens is 1. The van der Waals surface area contributed by atoms with Crippen molar-refractivity contribution in [3.05, 3.63) is 48.0 Å². The number of fused-ring (bicyclic) bond motifs is 3. The van der Waals surface area contributed by atoms with E-state index in [2.05, 4.69) is 50.8 Å². The highest BCUT2D eigenvalue weighted by molar-refractivity contribution is 7.21. The Balaban J connectivity index is 1.24. The van der Waals surface area contributed by atoms with Gasteiger partial charge in [0.25, 0.3) is 5.91 Å². The Morgan fingerprint density at radius 1 is 1.03 bits per heavy atom. The van der Waals surface area contributed by atoms with Gasteiger partial charge in [0.15, 0.2) is 0 Å². The van der Waals surface area contributed by atoms with Gasteiger partial charge in [0.1, 0.15) is 5.01 Å². The summed E-state index contributed by atoms with van der Waals surface area (Å²) in [5.74, 6) is -0.161. The molecule has 6 heteroatoms. The lowest BCUT2D eigenvalue weighted by Gasteiger charge is -2.40. The van der Waals surface area contributed by atoms with Crippen LogP contribution in [0.5, 0.6) is 0 Å². The fourth-order valence-electron chi connectivity index (χ4n) is 6.92. The predicted molar refractivity (Wildman–Crippen MR) is 137 cm³/mol. The molecule has 3 aliphatic rings. The predicted octanol–water partition coefficient (Wildman–Crippen LogP) is 5.80. The minimum absolute atomic E-state index is 0.0674. The molecule has 1 saturated carbocycles. The van der Waals surface area contributed by atoms with Crippen LogP contribution in [0, 0.1) is 17.8 Å². The van der Waals surface area contributed by atoms with Crippen LogP contribution in [0.4, 0.5) is 5.69 Å². The average Bonchev–Trinajstić information content (AvgIpc) is 3.38. The van der Waals surface area contributed by atoms with Crippen molar-refractivity contribution < 1.29 is 9.59 Å². The molecule has 3 heterocycles. The summed E-state index contributed by atoms with van der Waals surface area (Å²) in [6, 6.07) is 14.1. The molecule has 2 saturated heterocycles. The number of carbonyl (C=O) groups excluding carboxylic acids is 2. The fraction of sp³-hybridized carbons (Fsp3) is 0.464. The number of imide groups is 1. The highest BCUT2D eigenvalue weighted by Gasteiger charge is 2.55. The Kier molecular flexibility index (Phi) is 4.81. The monoisotopic (exact) mass is 473 g/mol. The first-order valence-corrected chi connectivity index (χ1v) is 13.0. The fourth-order valence-corrected chi connectivity index (χ4v) is 7.99. The van der Waals surface area contributed by atoms with Gasteiger partial charge in [-0.2, -0.15) is 0 Å². The SMILES string of the molecule is Cc1ccc2nc(-c3ccc(N4C(=O)C[C@H](N5C[C@]6(C)C[C@@H]5CC(C)(C)C6)C4=O)cc3)sc2c1. The Labute approximate surface area is 204 Å². The smallest absolute Gasteiger partial charge is 0.251 e. The third-order valence-corrected chi connectivity index (χ3v) is 8.96. The van der Waals surface area contributed by atoms with Gasteiger partial charge in [-0.3, -0.25) is 14.5 Å². The van der Waals surface area contributed by atoms with E-state index in [1.807, 2.05) is 24.3 Å². The van der Waals surface area contributed by atoms with Gasteiger partial charge in [-0.05, 0) is 79.0 Å². The number of thiazole rings is 1. The van der Waals surface area contributed by atoms with E-state index in [-0.39, 0.29) is 35.1 Å². The summed E-state index contributed by atoms with van der Waals surface area (Å²) >= 11 is 1.66. The Hall–Kier alpha value is -2.57. The van der Waals surface area contributed by atoms with Crippen LogP contribution in [0.25, 0.3) is 20.8 Å². The molecule has 6 rings (SSSR count). The molecule has 0 unspecified atom stereocenters. The number of aryl methyl sites for hydroxylation is 1. The molecule has 3 fully saturated rings. The molecule has 1 aliphatic carbocycles. The van der Waals surface area contributed by atoms with Crippen molar-refractivity contribution in [3.8, 4) is 10.6 Å². The molecule has 0 N–H and O–H groups in total. The normalized spacial score (nSPS) is 28.9. The summed E-state index contributed by atoms with van der Waals surface area (Å²) in [5.41, 5.74) is 4.40. The van der Waals surface area contributed by atoms with E-state index >= 15 is 0 Å². The van der Waals surface area contributed by atoms with Crippen LogP contribution < -0.4 is 4.90 Å². The zero-order valence-electron chi connectivity index (χ0n) is 20.3. The minimum atomic E-state index is -0.333. The summed E-state index contributed by atoms with van der Waals surface area (Å²) in [6.07, 6.45) is 3.69. The molecule has 3 atom stereocenters. The van der Waals surface area contributed by atoms with Crippen molar-refractivity contribution in [1.82, 2.24) is 9.88 Å². The third-order valence-electron chi connectivity index (χ3n) is 7.89. The van der Waals surface area contributed by atoms with Gasteiger partial charge >= 0.3 is 0 Å². The Morgan fingerprint density at radius 2 is 1.79 bits per heavy atom. The molecule has 0 radical (unpaired) electrons. The largest absolute Gasteiger partial charge is 0.288 e. The maximum atomic E-state index is 13.5. The highest BCUT2D eigenvalue weighted by Crippen LogP contribution is 2.53. The van der Waals surface area contributed by atoms with Gasteiger partial charge in [-0.15, -0.1) is 11.3 Å².